The summed E-state index contributed by atoms with van der Waals surface area (Å²) in [5.41, 5.74) is 3.25. The first-order valence-corrected chi connectivity index (χ1v) is 6.36. The van der Waals surface area contributed by atoms with Gasteiger partial charge < -0.3 is 5.32 Å². The van der Waals surface area contributed by atoms with Crippen LogP contribution >= 0.6 is 0 Å². The van der Waals surface area contributed by atoms with E-state index < -0.39 is 0 Å². The van der Waals surface area contributed by atoms with Crippen LogP contribution < -0.4 is 5.32 Å². The first kappa shape index (κ1) is 11.2. The fourth-order valence-electron chi connectivity index (χ4n) is 2.79. The summed E-state index contributed by atoms with van der Waals surface area (Å²) in [4.78, 5) is 2.71. The summed E-state index contributed by atoms with van der Waals surface area (Å²) in [6.45, 7) is 10.5. The molecule has 2 atom stereocenters. The molecule has 2 aliphatic heterocycles. The Morgan fingerprint density at radius 3 is 2.67 bits per heavy atom. The van der Waals surface area contributed by atoms with Gasteiger partial charge in [0, 0.05) is 31.7 Å². The van der Waals surface area contributed by atoms with Gasteiger partial charge in [-0.15, -0.1) is 0 Å². The van der Waals surface area contributed by atoms with Gasteiger partial charge in [-0.1, -0.05) is 12.5 Å². The maximum atomic E-state index is 3.33. The number of rotatable bonds is 3. The van der Waals surface area contributed by atoms with E-state index in [9.17, 15) is 0 Å². The van der Waals surface area contributed by atoms with Crippen molar-refractivity contribution in [3.05, 3.63) is 11.1 Å². The zero-order valence-electron chi connectivity index (χ0n) is 10.3. The average Bonchev–Trinajstić information content (AvgIpc) is 2.45. The van der Waals surface area contributed by atoms with Crippen LogP contribution in [0.4, 0.5) is 0 Å². The Kier molecular flexibility index (Phi) is 3.47. The SMILES string of the molecule is CCC1CCC(C)N1CC(C)=C1CNC1. The molecule has 15 heavy (non-hydrogen) atoms. The topological polar surface area (TPSA) is 15.3 Å². The van der Waals surface area contributed by atoms with E-state index in [1.165, 1.54) is 25.8 Å². The quantitative estimate of drug-likeness (QED) is 0.715. The molecule has 0 aliphatic carbocycles. The van der Waals surface area contributed by atoms with Gasteiger partial charge in [0.25, 0.3) is 0 Å². The largest absolute Gasteiger partial charge is 0.309 e. The highest BCUT2D eigenvalue weighted by Gasteiger charge is 2.29. The van der Waals surface area contributed by atoms with Crippen molar-refractivity contribution < 1.29 is 0 Å². The lowest BCUT2D eigenvalue weighted by Crippen LogP contribution is -2.39. The minimum atomic E-state index is 0.790. The van der Waals surface area contributed by atoms with E-state index in [-0.39, 0.29) is 0 Å². The molecule has 2 nitrogen and oxygen atoms in total. The van der Waals surface area contributed by atoms with Crippen LogP contribution in [0, 0.1) is 0 Å². The Balaban J connectivity index is 1.97. The monoisotopic (exact) mass is 208 g/mol. The second-order valence-corrected chi connectivity index (χ2v) is 5.15. The van der Waals surface area contributed by atoms with E-state index in [4.69, 9.17) is 0 Å². The van der Waals surface area contributed by atoms with Gasteiger partial charge in [0.1, 0.15) is 0 Å². The summed E-state index contributed by atoms with van der Waals surface area (Å²) in [5, 5.41) is 3.33. The molecule has 86 valence electrons. The number of nitrogens with zero attached hydrogens (tertiary/aromatic N) is 1. The van der Waals surface area contributed by atoms with Gasteiger partial charge in [0.2, 0.25) is 0 Å². The summed E-state index contributed by atoms with van der Waals surface area (Å²) in [6, 6.07) is 1.63. The summed E-state index contributed by atoms with van der Waals surface area (Å²) in [6.07, 6.45) is 4.10. The zero-order chi connectivity index (χ0) is 10.8. The molecule has 1 N–H and O–H groups in total. The zero-order valence-corrected chi connectivity index (χ0v) is 10.3. The molecule has 2 unspecified atom stereocenters. The summed E-state index contributed by atoms with van der Waals surface area (Å²) in [5.74, 6) is 0. The molecule has 0 aromatic heterocycles. The molecule has 0 radical (unpaired) electrons. The highest BCUT2D eigenvalue weighted by molar-refractivity contribution is 5.22. The van der Waals surface area contributed by atoms with Crippen molar-refractivity contribution in [2.24, 2.45) is 0 Å². The van der Waals surface area contributed by atoms with Crippen molar-refractivity contribution >= 4 is 0 Å². The van der Waals surface area contributed by atoms with E-state index >= 15 is 0 Å². The minimum absolute atomic E-state index is 0.790. The van der Waals surface area contributed by atoms with Crippen LogP contribution in [0.5, 0.6) is 0 Å². The van der Waals surface area contributed by atoms with Gasteiger partial charge in [-0.05, 0) is 38.7 Å². The lowest BCUT2D eigenvalue weighted by molar-refractivity contribution is 0.215. The highest BCUT2D eigenvalue weighted by atomic mass is 15.2. The van der Waals surface area contributed by atoms with Gasteiger partial charge in [-0.2, -0.15) is 0 Å². The third-order valence-electron chi connectivity index (χ3n) is 4.12. The van der Waals surface area contributed by atoms with Crippen molar-refractivity contribution in [1.29, 1.82) is 0 Å². The smallest absolute Gasteiger partial charge is 0.0199 e. The van der Waals surface area contributed by atoms with Crippen LogP contribution in [-0.4, -0.2) is 36.6 Å². The Bertz CT molecular complexity index is 251. The highest BCUT2D eigenvalue weighted by Crippen LogP contribution is 2.27. The standard InChI is InChI=1S/C13H24N2/c1-4-13-6-5-11(3)15(13)9-10(2)12-7-14-8-12/h11,13-14H,4-9H2,1-3H3. The fraction of sp³-hybridized carbons (Fsp3) is 0.846. The van der Waals surface area contributed by atoms with Crippen molar-refractivity contribution in [2.45, 2.75) is 52.1 Å². The van der Waals surface area contributed by atoms with Crippen molar-refractivity contribution in [1.82, 2.24) is 10.2 Å². The van der Waals surface area contributed by atoms with E-state index in [0.717, 1.165) is 25.2 Å². The molecule has 0 aromatic rings. The molecule has 2 aliphatic rings. The molecule has 2 heterocycles. The number of hydrogen-bond donors (Lipinski definition) is 1. The molecular formula is C13H24N2. The van der Waals surface area contributed by atoms with Crippen molar-refractivity contribution in [2.75, 3.05) is 19.6 Å². The Hall–Kier alpha value is -0.340. The normalized spacial score (nSPS) is 31.8. The van der Waals surface area contributed by atoms with E-state index in [1.807, 2.05) is 0 Å². The first-order chi connectivity index (χ1) is 7.22. The Morgan fingerprint density at radius 1 is 1.40 bits per heavy atom. The van der Waals surface area contributed by atoms with Crippen LogP contribution in [0.25, 0.3) is 0 Å². The molecular weight excluding hydrogens is 184 g/mol. The average molecular weight is 208 g/mol. The third kappa shape index (κ3) is 2.26. The molecule has 0 saturated carbocycles. The lowest BCUT2D eigenvalue weighted by atomic mass is 10.0. The first-order valence-electron chi connectivity index (χ1n) is 6.36. The summed E-state index contributed by atoms with van der Waals surface area (Å²) in [7, 11) is 0. The number of likely N-dealkylation sites (tertiary alicyclic amines) is 1. The Morgan fingerprint density at radius 2 is 2.13 bits per heavy atom. The maximum Gasteiger partial charge on any atom is 0.0199 e. The van der Waals surface area contributed by atoms with Crippen LogP contribution in [0.15, 0.2) is 11.1 Å². The third-order valence-corrected chi connectivity index (χ3v) is 4.12. The molecule has 2 heteroatoms. The molecule has 2 fully saturated rings. The lowest BCUT2D eigenvalue weighted by Gasteiger charge is -2.31. The summed E-state index contributed by atoms with van der Waals surface area (Å²) >= 11 is 0. The summed E-state index contributed by atoms with van der Waals surface area (Å²) < 4.78 is 0. The predicted octanol–water partition coefficient (Wildman–Crippen LogP) is 2.17. The second kappa shape index (κ2) is 4.67. The van der Waals surface area contributed by atoms with Crippen LogP contribution in [0.2, 0.25) is 0 Å². The van der Waals surface area contributed by atoms with E-state index in [0.29, 0.717) is 0 Å². The molecule has 0 spiro atoms. The van der Waals surface area contributed by atoms with Gasteiger partial charge in [0.15, 0.2) is 0 Å². The molecule has 0 bridgehead atoms. The maximum absolute atomic E-state index is 3.33. The minimum Gasteiger partial charge on any atom is -0.309 e. The molecule has 0 aromatic carbocycles. The number of hydrogen-bond acceptors (Lipinski definition) is 2. The van der Waals surface area contributed by atoms with Crippen LogP contribution in [0.1, 0.15) is 40.0 Å². The predicted molar refractivity (Wildman–Crippen MR) is 65.1 cm³/mol. The van der Waals surface area contributed by atoms with E-state index in [2.05, 4.69) is 31.0 Å². The van der Waals surface area contributed by atoms with Gasteiger partial charge in [-0.3, -0.25) is 4.90 Å². The van der Waals surface area contributed by atoms with Crippen LogP contribution in [-0.2, 0) is 0 Å². The van der Waals surface area contributed by atoms with Gasteiger partial charge in [0.05, 0.1) is 0 Å². The van der Waals surface area contributed by atoms with Crippen molar-refractivity contribution in [3.63, 3.8) is 0 Å². The fourth-order valence-corrected chi connectivity index (χ4v) is 2.79. The molecule has 2 rings (SSSR count). The Labute approximate surface area is 93.7 Å². The van der Waals surface area contributed by atoms with Gasteiger partial charge >= 0.3 is 0 Å². The number of nitrogens with one attached hydrogen (secondary N) is 1. The van der Waals surface area contributed by atoms with Gasteiger partial charge in [-0.25, -0.2) is 0 Å². The van der Waals surface area contributed by atoms with E-state index in [1.54, 1.807) is 11.1 Å². The second-order valence-electron chi connectivity index (χ2n) is 5.15. The van der Waals surface area contributed by atoms with Crippen LogP contribution in [0.3, 0.4) is 0 Å². The van der Waals surface area contributed by atoms with Crippen molar-refractivity contribution in [3.8, 4) is 0 Å². The molecule has 0 amide bonds. The molecule has 2 saturated heterocycles.